The first-order chi connectivity index (χ1) is 19.2. The average molecular weight is 622 g/mol. The molecule has 0 unspecified atom stereocenters. The van der Waals surface area contributed by atoms with E-state index in [-0.39, 0.29) is 17.7 Å². The van der Waals surface area contributed by atoms with Crippen molar-refractivity contribution in [1.29, 1.82) is 0 Å². The SMILES string of the molecule is CCOC(=O)C1=C(C)N=c2s/c(=C\c3ccc(OC(C)=O)c(Br)c3)c(=O)n2[C@@H]1c1c(OC)ccc2ccccc12. The minimum atomic E-state index is -0.823. The Kier molecular flexibility index (Phi) is 7.73. The number of carbonyl (C=O) groups excluding carboxylic acids is 2. The van der Waals surface area contributed by atoms with Gasteiger partial charge in [0.05, 0.1) is 34.0 Å². The van der Waals surface area contributed by atoms with Crippen LogP contribution in [0.25, 0.3) is 16.8 Å². The Bertz CT molecular complexity index is 1890. The lowest BCUT2D eigenvalue weighted by Crippen LogP contribution is -2.40. The molecule has 4 aromatic rings. The zero-order valence-corrected chi connectivity index (χ0v) is 24.6. The summed E-state index contributed by atoms with van der Waals surface area (Å²) in [5.41, 5.74) is 1.84. The standard InChI is InChI=1S/C30H25BrN2O6S/c1-5-38-29(36)25-16(2)32-30-33(27(25)26-20-9-7-6-8-19(20)11-13-23(26)37-4)28(35)24(40-30)15-18-10-12-22(21(31)14-18)39-17(3)34/h6-15,27H,5H2,1-4H3/b24-15-/t27-/m0/s1. The fourth-order valence-electron chi connectivity index (χ4n) is 4.80. The molecule has 3 aromatic carbocycles. The minimum Gasteiger partial charge on any atom is -0.496 e. The molecule has 0 saturated heterocycles. The molecule has 10 heteroatoms. The number of fused-ring (bicyclic) bond motifs is 2. The van der Waals surface area contributed by atoms with Crippen LogP contribution < -0.4 is 24.4 Å². The van der Waals surface area contributed by atoms with Crippen LogP contribution in [-0.2, 0) is 14.3 Å². The Morgan fingerprint density at radius 1 is 1.12 bits per heavy atom. The number of aromatic nitrogens is 1. The van der Waals surface area contributed by atoms with Gasteiger partial charge >= 0.3 is 11.9 Å². The summed E-state index contributed by atoms with van der Waals surface area (Å²) in [5.74, 6) is -0.0509. The maximum Gasteiger partial charge on any atom is 0.338 e. The molecule has 1 aromatic heterocycles. The van der Waals surface area contributed by atoms with Crippen LogP contribution in [0.15, 0.2) is 80.1 Å². The van der Waals surface area contributed by atoms with E-state index in [0.717, 1.165) is 10.8 Å². The van der Waals surface area contributed by atoms with Gasteiger partial charge in [0.2, 0.25) is 0 Å². The summed E-state index contributed by atoms with van der Waals surface area (Å²) < 4.78 is 18.9. The Balaban J connectivity index is 1.77. The minimum absolute atomic E-state index is 0.178. The van der Waals surface area contributed by atoms with Crippen LogP contribution in [0.5, 0.6) is 11.5 Å². The Labute approximate surface area is 242 Å². The Morgan fingerprint density at radius 2 is 1.88 bits per heavy atom. The number of rotatable bonds is 6. The summed E-state index contributed by atoms with van der Waals surface area (Å²) in [5, 5.41) is 1.79. The van der Waals surface area contributed by atoms with Crippen LogP contribution in [0.1, 0.15) is 37.9 Å². The summed E-state index contributed by atoms with van der Waals surface area (Å²) in [7, 11) is 1.56. The number of benzene rings is 3. The van der Waals surface area contributed by atoms with E-state index >= 15 is 0 Å². The fourth-order valence-corrected chi connectivity index (χ4v) is 6.32. The fraction of sp³-hybridized carbons (Fsp3) is 0.200. The van der Waals surface area contributed by atoms with Gasteiger partial charge in [0.25, 0.3) is 5.56 Å². The highest BCUT2D eigenvalue weighted by molar-refractivity contribution is 9.10. The van der Waals surface area contributed by atoms with Crippen molar-refractivity contribution < 1.29 is 23.8 Å². The number of halogens is 1. The molecule has 0 aliphatic carbocycles. The highest BCUT2D eigenvalue weighted by Crippen LogP contribution is 2.40. The zero-order chi connectivity index (χ0) is 28.6. The second kappa shape index (κ2) is 11.2. The average Bonchev–Trinajstić information content (AvgIpc) is 3.22. The van der Waals surface area contributed by atoms with E-state index in [1.165, 1.54) is 18.3 Å². The smallest absolute Gasteiger partial charge is 0.338 e. The molecule has 40 heavy (non-hydrogen) atoms. The summed E-state index contributed by atoms with van der Waals surface area (Å²) in [6.07, 6.45) is 1.74. The number of hydrogen-bond acceptors (Lipinski definition) is 8. The predicted octanol–water partition coefficient (Wildman–Crippen LogP) is 4.65. The van der Waals surface area contributed by atoms with Gasteiger partial charge in [0, 0.05) is 12.5 Å². The first-order valence-electron chi connectivity index (χ1n) is 12.5. The molecule has 1 atom stereocenters. The van der Waals surface area contributed by atoms with E-state index in [0.29, 0.717) is 42.1 Å². The van der Waals surface area contributed by atoms with Crippen molar-refractivity contribution in [1.82, 2.24) is 4.57 Å². The van der Waals surface area contributed by atoms with Crippen molar-refractivity contribution in [3.8, 4) is 11.5 Å². The third kappa shape index (κ3) is 5.00. The summed E-state index contributed by atoms with van der Waals surface area (Å²) >= 11 is 4.65. The first kappa shape index (κ1) is 27.5. The van der Waals surface area contributed by atoms with Crippen LogP contribution in [0.3, 0.4) is 0 Å². The molecular weight excluding hydrogens is 596 g/mol. The van der Waals surface area contributed by atoms with Crippen molar-refractivity contribution in [3.63, 3.8) is 0 Å². The summed E-state index contributed by atoms with van der Waals surface area (Å²) in [6, 6.07) is 15.9. The van der Waals surface area contributed by atoms with Gasteiger partial charge in [0.15, 0.2) is 4.80 Å². The predicted molar refractivity (Wildman–Crippen MR) is 156 cm³/mol. The second-order valence-corrected chi connectivity index (χ2v) is 10.9. The van der Waals surface area contributed by atoms with Crippen LogP contribution in [0, 0.1) is 0 Å². The van der Waals surface area contributed by atoms with E-state index in [1.54, 1.807) is 49.8 Å². The highest BCUT2D eigenvalue weighted by Gasteiger charge is 2.36. The number of esters is 2. The van der Waals surface area contributed by atoms with Crippen molar-refractivity contribution in [2.75, 3.05) is 13.7 Å². The lowest BCUT2D eigenvalue weighted by atomic mass is 9.90. The number of carbonyl (C=O) groups is 2. The van der Waals surface area contributed by atoms with Gasteiger partial charge in [-0.05, 0) is 70.4 Å². The Hall–Kier alpha value is -4.02. The van der Waals surface area contributed by atoms with Gasteiger partial charge < -0.3 is 14.2 Å². The molecule has 1 aliphatic heterocycles. The molecule has 0 amide bonds. The van der Waals surface area contributed by atoms with Crippen molar-refractivity contribution in [3.05, 3.63) is 101 Å². The van der Waals surface area contributed by atoms with E-state index in [2.05, 4.69) is 20.9 Å². The first-order valence-corrected chi connectivity index (χ1v) is 14.1. The van der Waals surface area contributed by atoms with Crippen LogP contribution in [0.4, 0.5) is 0 Å². The molecule has 0 saturated carbocycles. The van der Waals surface area contributed by atoms with E-state index in [4.69, 9.17) is 14.2 Å². The number of methoxy groups -OCH3 is 1. The lowest BCUT2D eigenvalue weighted by Gasteiger charge is -2.27. The molecule has 2 heterocycles. The third-order valence-electron chi connectivity index (χ3n) is 6.45. The number of ether oxygens (including phenoxy) is 3. The van der Waals surface area contributed by atoms with Crippen LogP contribution in [0.2, 0.25) is 0 Å². The van der Waals surface area contributed by atoms with Gasteiger partial charge in [-0.3, -0.25) is 14.2 Å². The maximum atomic E-state index is 14.1. The zero-order valence-electron chi connectivity index (χ0n) is 22.2. The quantitative estimate of drug-likeness (QED) is 0.230. The molecule has 1 aliphatic rings. The molecular formula is C30H25BrN2O6S. The van der Waals surface area contributed by atoms with E-state index < -0.39 is 18.0 Å². The lowest BCUT2D eigenvalue weighted by molar-refractivity contribution is -0.139. The summed E-state index contributed by atoms with van der Waals surface area (Å²) in [6.45, 7) is 4.99. The molecule has 5 rings (SSSR count). The molecule has 0 N–H and O–H groups in total. The number of hydrogen-bond donors (Lipinski definition) is 0. The largest absolute Gasteiger partial charge is 0.496 e. The molecule has 0 bridgehead atoms. The topological polar surface area (TPSA) is 96.2 Å². The molecule has 0 fully saturated rings. The molecule has 204 valence electrons. The Morgan fingerprint density at radius 3 is 2.58 bits per heavy atom. The molecule has 0 radical (unpaired) electrons. The maximum absolute atomic E-state index is 14.1. The van der Waals surface area contributed by atoms with Gasteiger partial charge in [-0.15, -0.1) is 0 Å². The number of nitrogens with zero attached hydrogens (tertiary/aromatic N) is 2. The van der Waals surface area contributed by atoms with Gasteiger partial charge in [0.1, 0.15) is 17.5 Å². The number of thiazole rings is 1. The van der Waals surface area contributed by atoms with E-state index in [9.17, 15) is 14.4 Å². The highest BCUT2D eigenvalue weighted by atomic mass is 79.9. The molecule has 0 spiro atoms. The summed E-state index contributed by atoms with van der Waals surface area (Å²) in [4.78, 5) is 43.9. The van der Waals surface area contributed by atoms with Gasteiger partial charge in [-0.2, -0.15) is 0 Å². The van der Waals surface area contributed by atoms with Gasteiger partial charge in [-0.25, -0.2) is 9.79 Å². The van der Waals surface area contributed by atoms with Gasteiger partial charge in [-0.1, -0.05) is 47.7 Å². The van der Waals surface area contributed by atoms with Crippen molar-refractivity contribution in [2.24, 2.45) is 4.99 Å². The van der Waals surface area contributed by atoms with Crippen molar-refractivity contribution in [2.45, 2.75) is 26.8 Å². The van der Waals surface area contributed by atoms with E-state index in [1.807, 2.05) is 36.4 Å². The second-order valence-electron chi connectivity index (χ2n) is 8.99. The third-order valence-corrected chi connectivity index (χ3v) is 8.05. The van der Waals surface area contributed by atoms with Crippen LogP contribution in [-0.4, -0.2) is 30.2 Å². The molecule has 8 nitrogen and oxygen atoms in total. The monoisotopic (exact) mass is 620 g/mol. The van der Waals surface area contributed by atoms with Crippen molar-refractivity contribution >= 4 is 56.1 Å². The van der Waals surface area contributed by atoms with Crippen LogP contribution >= 0.6 is 27.3 Å². The normalized spacial score (nSPS) is 15.0. The number of allylic oxidation sites excluding steroid dienone is 1.